The third kappa shape index (κ3) is 4.33. The number of nitro groups is 1. The van der Waals surface area contributed by atoms with Crippen LogP contribution in [0, 0.1) is 27.9 Å². The minimum Gasteiger partial charge on any atom is -0.259 e. The molecule has 1 fully saturated rings. The molecule has 0 radical (unpaired) electrons. The molecule has 0 heterocycles. The molecule has 1 rings (SSSR count). The number of rotatable bonds is 4. The largest absolute Gasteiger partial charge is 0.259 e. The smallest absolute Gasteiger partial charge is 0.242 e. The van der Waals surface area contributed by atoms with Gasteiger partial charge in [-0.3, -0.25) is 10.1 Å². The van der Waals surface area contributed by atoms with Crippen LogP contribution >= 0.6 is 0 Å². The number of allylic oxidation sites excluding steroid dienone is 2. The first kappa shape index (κ1) is 13.2. The molecule has 3 nitrogen and oxygen atoms in total. The summed E-state index contributed by atoms with van der Waals surface area (Å²) in [4.78, 5) is 10.7. The molecular formula is C13H23NO2. The molecule has 0 spiro atoms. The maximum atomic E-state index is 10.9. The summed E-state index contributed by atoms with van der Waals surface area (Å²) in [6.45, 7) is 6.32. The molecule has 0 saturated heterocycles. The van der Waals surface area contributed by atoms with Gasteiger partial charge in [-0.15, -0.1) is 0 Å². The molecule has 0 atom stereocenters. The lowest BCUT2D eigenvalue weighted by Crippen LogP contribution is -2.13. The summed E-state index contributed by atoms with van der Waals surface area (Å²) in [7, 11) is 0. The van der Waals surface area contributed by atoms with Crippen molar-refractivity contribution in [1.29, 1.82) is 0 Å². The molecule has 1 aliphatic carbocycles. The van der Waals surface area contributed by atoms with Crippen LogP contribution in [-0.2, 0) is 0 Å². The Morgan fingerprint density at radius 3 is 2.38 bits per heavy atom. The Kier molecular flexibility index (Phi) is 4.97. The van der Waals surface area contributed by atoms with E-state index >= 15 is 0 Å². The first-order valence-electron chi connectivity index (χ1n) is 6.34. The highest BCUT2D eigenvalue weighted by Gasteiger charge is 2.21. The van der Waals surface area contributed by atoms with Crippen molar-refractivity contribution in [3.05, 3.63) is 21.9 Å². The van der Waals surface area contributed by atoms with Gasteiger partial charge in [-0.25, -0.2) is 0 Å². The van der Waals surface area contributed by atoms with Crippen LogP contribution in [0.3, 0.4) is 0 Å². The Morgan fingerprint density at radius 1 is 1.38 bits per heavy atom. The fourth-order valence-electron chi connectivity index (χ4n) is 2.35. The van der Waals surface area contributed by atoms with Gasteiger partial charge in [0.25, 0.3) is 0 Å². The van der Waals surface area contributed by atoms with Crippen LogP contribution in [0.1, 0.15) is 52.9 Å². The van der Waals surface area contributed by atoms with Crippen molar-refractivity contribution in [3.63, 3.8) is 0 Å². The third-order valence-electron chi connectivity index (χ3n) is 3.34. The molecule has 0 N–H and O–H groups in total. The predicted octanol–water partition coefficient (Wildman–Crippen LogP) is 4.02. The number of hydrogen-bond acceptors (Lipinski definition) is 2. The molecule has 0 amide bonds. The summed E-state index contributed by atoms with van der Waals surface area (Å²) < 4.78 is 0. The first-order valence-corrected chi connectivity index (χ1v) is 6.34. The summed E-state index contributed by atoms with van der Waals surface area (Å²) in [5.74, 6) is 1.60. The Hall–Kier alpha value is -0.860. The lowest BCUT2D eigenvalue weighted by Gasteiger charge is -2.23. The number of nitrogens with zero attached hydrogens (tertiary/aromatic N) is 1. The maximum Gasteiger partial charge on any atom is 0.242 e. The van der Waals surface area contributed by atoms with Gasteiger partial charge in [-0.05, 0) is 36.7 Å². The van der Waals surface area contributed by atoms with Gasteiger partial charge in [0.05, 0.1) is 4.92 Å². The van der Waals surface area contributed by atoms with E-state index in [2.05, 4.69) is 6.92 Å². The normalized spacial score (nSPS) is 27.1. The molecule has 0 unspecified atom stereocenters. The van der Waals surface area contributed by atoms with Crippen molar-refractivity contribution >= 4 is 0 Å². The lowest BCUT2D eigenvalue weighted by atomic mass is 9.82. The number of hydrogen-bond donors (Lipinski definition) is 0. The molecule has 1 aliphatic rings. The van der Waals surface area contributed by atoms with Crippen LogP contribution in [-0.4, -0.2) is 4.92 Å². The molecule has 92 valence electrons. The first-order chi connectivity index (χ1) is 7.49. The minimum absolute atomic E-state index is 0.196. The highest BCUT2D eigenvalue weighted by atomic mass is 16.6. The minimum atomic E-state index is -0.196. The van der Waals surface area contributed by atoms with E-state index < -0.39 is 0 Å². The van der Waals surface area contributed by atoms with Crippen molar-refractivity contribution < 1.29 is 4.92 Å². The molecule has 1 saturated carbocycles. The predicted molar refractivity (Wildman–Crippen MR) is 65.7 cm³/mol. The summed E-state index contributed by atoms with van der Waals surface area (Å²) in [5.41, 5.74) is 0.426. The van der Waals surface area contributed by atoms with E-state index in [0.717, 1.165) is 18.8 Å². The van der Waals surface area contributed by atoms with E-state index in [0.29, 0.717) is 24.0 Å². The van der Waals surface area contributed by atoms with Crippen LogP contribution in [0.4, 0.5) is 0 Å². The van der Waals surface area contributed by atoms with Gasteiger partial charge in [0.2, 0.25) is 5.70 Å². The van der Waals surface area contributed by atoms with Crippen molar-refractivity contribution in [2.75, 3.05) is 0 Å². The molecule has 3 heteroatoms. The van der Waals surface area contributed by atoms with Gasteiger partial charge in [0.15, 0.2) is 0 Å². The monoisotopic (exact) mass is 225 g/mol. The lowest BCUT2D eigenvalue weighted by molar-refractivity contribution is -0.429. The Balaban J connectivity index is 2.59. The van der Waals surface area contributed by atoms with Crippen LogP contribution in [0.5, 0.6) is 0 Å². The van der Waals surface area contributed by atoms with Gasteiger partial charge in [-0.2, -0.15) is 0 Å². The van der Waals surface area contributed by atoms with Gasteiger partial charge >= 0.3 is 0 Å². The maximum absolute atomic E-state index is 10.9. The van der Waals surface area contributed by atoms with Crippen molar-refractivity contribution in [1.82, 2.24) is 0 Å². The second-order valence-electron chi connectivity index (χ2n) is 5.53. The van der Waals surface area contributed by atoms with E-state index in [1.54, 1.807) is 0 Å². The molecular weight excluding hydrogens is 202 g/mol. The van der Waals surface area contributed by atoms with E-state index in [9.17, 15) is 10.1 Å². The van der Waals surface area contributed by atoms with Gasteiger partial charge in [0.1, 0.15) is 0 Å². The molecule has 0 aromatic heterocycles. The van der Waals surface area contributed by atoms with E-state index in [1.807, 2.05) is 19.9 Å². The third-order valence-corrected chi connectivity index (χ3v) is 3.34. The van der Waals surface area contributed by atoms with Gasteiger partial charge in [-0.1, -0.05) is 33.6 Å². The quantitative estimate of drug-likeness (QED) is 0.535. The van der Waals surface area contributed by atoms with Gasteiger partial charge in [0, 0.05) is 6.42 Å². The second kappa shape index (κ2) is 6.02. The zero-order valence-corrected chi connectivity index (χ0v) is 10.6. The van der Waals surface area contributed by atoms with E-state index in [4.69, 9.17) is 0 Å². The fourth-order valence-corrected chi connectivity index (χ4v) is 2.35. The highest BCUT2D eigenvalue weighted by Crippen LogP contribution is 2.30. The van der Waals surface area contributed by atoms with E-state index in [1.165, 1.54) is 12.8 Å². The average molecular weight is 225 g/mol. The summed E-state index contributed by atoms with van der Waals surface area (Å²) >= 11 is 0. The summed E-state index contributed by atoms with van der Waals surface area (Å²) in [5, 5.41) is 10.9. The van der Waals surface area contributed by atoms with Crippen LogP contribution in [0.2, 0.25) is 0 Å². The highest BCUT2D eigenvalue weighted by molar-refractivity contribution is 4.98. The standard InChI is InChI=1S/C13H23NO2/c1-10(2)8-13(14(15)16)9-12-6-4-11(3)5-7-12/h9-12H,4-8H2,1-3H3/b13-9+. The topological polar surface area (TPSA) is 43.1 Å². The molecule has 0 aliphatic heterocycles. The van der Waals surface area contributed by atoms with Crippen LogP contribution in [0.15, 0.2) is 11.8 Å². The Morgan fingerprint density at radius 2 is 1.94 bits per heavy atom. The van der Waals surface area contributed by atoms with Crippen LogP contribution in [0.25, 0.3) is 0 Å². The second-order valence-corrected chi connectivity index (χ2v) is 5.53. The van der Waals surface area contributed by atoms with Crippen molar-refractivity contribution in [2.24, 2.45) is 17.8 Å². The molecule has 0 bridgehead atoms. The SMILES string of the molecule is CC(C)C/C(=C\C1CCC(C)CC1)[N+](=O)[O-]. The van der Waals surface area contributed by atoms with Gasteiger partial charge < -0.3 is 0 Å². The van der Waals surface area contributed by atoms with E-state index in [-0.39, 0.29) is 4.92 Å². The zero-order chi connectivity index (χ0) is 12.1. The molecule has 16 heavy (non-hydrogen) atoms. The zero-order valence-electron chi connectivity index (χ0n) is 10.6. The van der Waals surface area contributed by atoms with Crippen LogP contribution < -0.4 is 0 Å². The molecule has 0 aromatic rings. The van der Waals surface area contributed by atoms with Crippen molar-refractivity contribution in [2.45, 2.75) is 52.9 Å². The fraction of sp³-hybridized carbons (Fsp3) is 0.846. The van der Waals surface area contributed by atoms with Crippen molar-refractivity contribution in [3.8, 4) is 0 Å². The Labute approximate surface area is 98.1 Å². The summed E-state index contributed by atoms with van der Waals surface area (Å²) in [6.07, 6.45) is 7.19. The Bertz CT molecular complexity index is 263. The summed E-state index contributed by atoms with van der Waals surface area (Å²) in [6, 6.07) is 0. The molecule has 0 aromatic carbocycles. The average Bonchev–Trinajstić information content (AvgIpc) is 2.19.